The van der Waals surface area contributed by atoms with Crippen LogP contribution in [0.5, 0.6) is 0 Å². The number of nitrogens with one attached hydrogen (secondary N) is 3. The maximum atomic E-state index is 12.3. The highest BCUT2D eigenvalue weighted by Gasteiger charge is 2.31. The van der Waals surface area contributed by atoms with Gasteiger partial charge in [0.1, 0.15) is 6.04 Å². The molecule has 2 aromatic rings. The molecule has 3 N–H and O–H groups in total. The zero-order chi connectivity index (χ0) is 20.1. The summed E-state index contributed by atoms with van der Waals surface area (Å²) in [5, 5.41) is 5.06. The van der Waals surface area contributed by atoms with Crippen LogP contribution in [-0.4, -0.2) is 31.2 Å². The molecule has 0 radical (unpaired) electrons. The van der Waals surface area contributed by atoms with Gasteiger partial charge in [0.05, 0.1) is 18.9 Å². The Hall–Kier alpha value is -2.45. The average molecular weight is 421 g/mol. The molecule has 28 heavy (non-hydrogen) atoms. The monoisotopic (exact) mass is 420 g/mol. The summed E-state index contributed by atoms with van der Waals surface area (Å²) in [7, 11) is 1.32. The van der Waals surface area contributed by atoms with Crippen LogP contribution < -0.4 is 16.3 Å². The van der Waals surface area contributed by atoms with E-state index in [-0.39, 0.29) is 11.9 Å². The van der Waals surface area contributed by atoms with Gasteiger partial charge in [-0.3, -0.25) is 4.79 Å². The molecule has 0 aromatic heterocycles. The molecule has 2 atom stereocenters. The first kappa shape index (κ1) is 20.3. The van der Waals surface area contributed by atoms with Gasteiger partial charge in [0.2, 0.25) is 0 Å². The summed E-state index contributed by atoms with van der Waals surface area (Å²) in [6, 6.07) is 11.3. The maximum absolute atomic E-state index is 12.3. The van der Waals surface area contributed by atoms with Crippen molar-refractivity contribution in [2.24, 2.45) is 5.10 Å². The van der Waals surface area contributed by atoms with Gasteiger partial charge in [-0.2, -0.15) is 5.10 Å². The van der Waals surface area contributed by atoms with E-state index in [2.05, 4.69) is 26.1 Å². The van der Waals surface area contributed by atoms with Gasteiger partial charge in [-0.15, -0.1) is 0 Å². The van der Waals surface area contributed by atoms with Crippen molar-refractivity contribution in [3.63, 3.8) is 0 Å². The predicted octanol–water partition coefficient (Wildman–Crippen LogP) is 2.84. The van der Waals surface area contributed by atoms with Crippen molar-refractivity contribution in [3.05, 3.63) is 69.2 Å². The molecule has 0 spiro atoms. The van der Waals surface area contributed by atoms with Crippen LogP contribution in [0.3, 0.4) is 0 Å². The Balaban J connectivity index is 1.54. The number of methoxy groups -OCH3 is 1. The highest BCUT2D eigenvalue weighted by molar-refractivity contribution is 6.35. The summed E-state index contributed by atoms with van der Waals surface area (Å²) in [6.07, 6.45) is 2.01. The SMILES string of the molecule is COC(=O)c1ccc(/C=N/NC(=O)C2CC(c3ccc(Cl)cc3Cl)NN2)cc1. The van der Waals surface area contributed by atoms with Gasteiger partial charge >= 0.3 is 5.97 Å². The molecule has 1 amide bonds. The molecule has 0 aliphatic carbocycles. The van der Waals surface area contributed by atoms with Crippen molar-refractivity contribution >= 4 is 41.3 Å². The van der Waals surface area contributed by atoms with Crippen molar-refractivity contribution in [1.29, 1.82) is 0 Å². The van der Waals surface area contributed by atoms with Crippen LogP contribution in [-0.2, 0) is 9.53 Å². The lowest BCUT2D eigenvalue weighted by molar-refractivity contribution is -0.122. The quantitative estimate of drug-likeness (QED) is 0.392. The number of hydrogen-bond donors (Lipinski definition) is 3. The molecule has 146 valence electrons. The van der Waals surface area contributed by atoms with Crippen LogP contribution >= 0.6 is 23.2 Å². The van der Waals surface area contributed by atoms with E-state index in [0.29, 0.717) is 22.0 Å². The highest BCUT2D eigenvalue weighted by atomic mass is 35.5. The van der Waals surface area contributed by atoms with Gasteiger partial charge in [-0.1, -0.05) is 41.4 Å². The highest BCUT2D eigenvalue weighted by Crippen LogP contribution is 2.30. The number of ether oxygens (including phenoxy) is 1. The molecular weight excluding hydrogens is 403 g/mol. The number of esters is 1. The fraction of sp³-hybridized carbons (Fsp3) is 0.211. The van der Waals surface area contributed by atoms with Crippen molar-refractivity contribution < 1.29 is 14.3 Å². The number of benzene rings is 2. The Kier molecular flexibility index (Phi) is 6.64. The first-order valence-corrected chi connectivity index (χ1v) is 9.21. The van der Waals surface area contributed by atoms with E-state index >= 15 is 0 Å². The normalized spacial score (nSPS) is 19.0. The lowest BCUT2D eigenvalue weighted by atomic mass is 10.0. The molecule has 1 fully saturated rings. The molecule has 1 heterocycles. The summed E-state index contributed by atoms with van der Waals surface area (Å²) in [5.41, 5.74) is 10.5. The van der Waals surface area contributed by atoms with Gasteiger partial charge in [0, 0.05) is 16.1 Å². The van der Waals surface area contributed by atoms with Crippen LogP contribution in [0.4, 0.5) is 0 Å². The van der Waals surface area contributed by atoms with Gasteiger partial charge in [0.15, 0.2) is 0 Å². The minimum Gasteiger partial charge on any atom is -0.465 e. The van der Waals surface area contributed by atoms with Crippen LogP contribution in [0.15, 0.2) is 47.6 Å². The molecule has 1 saturated heterocycles. The third-order valence-electron chi connectivity index (χ3n) is 4.28. The third-order valence-corrected chi connectivity index (χ3v) is 4.84. The fourth-order valence-electron chi connectivity index (χ4n) is 2.79. The molecule has 0 bridgehead atoms. The summed E-state index contributed by atoms with van der Waals surface area (Å²) < 4.78 is 4.64. The summed E-state index contributed by atoms with van der Waals surface area (Å²) in [4.78, 5) is 23.7. The smallest absolute Gasteiger partial charge is 0.337 e. The van der Waals surface area contributed by atoms with Gasteiger partial charge in [-0.05, 0) is 41.8 Å². The number of hydrogen-bond acceptors (Lipinski definition) is 6. The maximum Gasteiger partial charge on any atom is 0.337 e. The number of hydrazine groups is 1. The number of carbonyl (C=O) groups is 2. The number of hydrazone groups is 1. The average Bonchev–Trinajstić information content (AvgIpc) is 3.18. The number of halogens is 2. The second-order valence-corrected chi connectivity index (χ2v) is 6.99. The van der Waals surface area contributed by atoms with Crippen LogP contribution in [0.2, 0.25) is 10.0 Å². The summed E-state index contributed by atoms with van der Waals surface area (Å²) in [6.45, 7) is 0. The third kappa shape index (κ3) is 4.88. The molecule has 7 nitrogen and oxygen atoms in total. The van der Waals surface area contributed by atoms with Crippen molar-refractivity contribution in [1.82, 2.24) is 16.3 Å². The van der Waals surface area contributed by atoms with E-state index in [1.54, 1.807) is 36.4 Å². The lowest BCUT2D eigenvalue weighted by Crippen LogP contribution is -2.41. The van der Waals surface area contributed by atoms with E-state index in [9.17, 15) is 9.59 Å². The second-order valence-electron chi connectivity index (χ2n) is 6.14. The van der Waals surface area contributed by atoms with Gasteiger partial charge < -0.3 is 4.74 Å². The van der Waals surface area contributed by atoms with Crippen LogP contribution in [0, 0.1) is 0 Å². The van der Waals surface area contributed by atoms with Crippen LogP contribution in [0.25, 0.3) is 0 Å². The van der Waals surface area contributed by atoms with E-state index in [1.807, 2.05) is 6.07 Å². The lowest BCUT2D eigenvalue weighted by Gasteiger charge is -2.11. The van der Waals surface area contributed by atoms with Gasteiger partial charge in [0.25, 0.3) is 5.91 Å². The Morgan fingerprint density at radius 1 is 1.18 bits per heavy atom. The minimum atomic E-state index is -0.462. The molecule has 2 unspecified atom stereocenters. The van der Waals surface area contributed by atoms with E-state index in [1.165, 1.54) is 13.3 Å². The van der Waals surface area contributed by atoms with Crippen LogP contribution in [0.1, 0.15) is 33.9 Å². The zero-order valence-electron chi connectivity index (χ0n) is 14.9. The molecule has 9 heteroatoms. The topological polar surface area (TPSA) is 91.8 Å². The standard InChI is InChI=1S/C19H18Cl2N4O3/c1-28-19(27)12-4-2-11(3-5-12)10-22-25-18(26)17-9-16(23-24-17)14-7-6-13(20)8-15(14)21/h2-8,10,16-17,23-24H,9H2,1H3,(H,25,26)/b22-10+. The summed E-state index contributed by atoms with van der Waals surface area (Å²) >= 11 is 12.1. The number of amides is 1. The molecule has 1 aliphatic rings. The Morgan fingerprint density at radius 3 is 2.61 bits per heavy atom. The Bertz CT molecular complexity index is 903. The van der Waals surface area contributed by atoms with Crippen molar-refractivity contribution in [2.45, 2.75) is 18.5 Å². The largest absolute Gasteiger partial charge is 0.465 e. The molecule has 0 saturated carbocycles. The fourth-order valence-corrected chi connectivity index (χ4v) is 3.33. The molecular formula is C19H18Cl2N4O3. The second kappa shape index (κ2) is 9.16. The number of carbonyl (C=O) groups excluding carboxylic acids is 2. The predicted molar refractivity (Wildman–Crippen MR) is 107 cm³/mol. The Labute approximate surface area is 172 Å². The van der Waals surface area contributed by atoms with E-state index < -0.39 is 12.0 Å². The first-order chi connectivity index (χ1) is 13.5. The number of nitrogens with zero attached hydrogens (tertiary/aromatic N) is 1. The molecule has 3 rings (SSSR count). The minimum absolute atomic E-state index is 0.115. The molecule has 1 aliphatic heterocycles. The van der Waals surface area contributed by atoms with Gasteiger partial charge in [-0.25, -0.2) is 21.1 Å². The van der Waals surface area contributed by atoms with E-state index in [0.717, 1.165) is 11.1 Å². The molecule has 2 aromatic carbocycles. The van der Waals surface area contributed by atoms with E-state index in [4.69, 9.17) is 23.2 Å². The zero-order valence-corrected chi connectivity index (χ0v) is 16.4. The Morgan fingerprint density at radius 2 is 1.93 bits per heavy atom. The number of rotatable bonds is 5. The summed E-state index contributed by atoms with van der Waals surface area (Å²) in [5.74, 6) is -0.686. The first-order valence-electron chi connectivity index (χ1n) is 8.45. The van der Waals surface area contributed by atoms with Crippen molar-refractivity contribution in [3.8, 4) is 0 Å². The van der Waals surface area contributed by atoms with Crippen molar-refractivity contribution in [2.75, 3.05) is 7.11 Å².